The van der Waals surface area contributed by atoms with Gasteiger partial charge < -0.3 is 20.4 Å². The van der Waals surface area contributed by atoms with E-state index >= 15 is 0 Å². The van der Waals surface area contributed by atoms with Gasteiger partial charge in [-0.05, 0) is 69.8 Å². The second-order valence-electron chi connectivity index (χ2n) is 12.2. The molecule has 2 N–H and O–H groups in total. The van der Waals surface area contributed by atoms with Gasteiger partial charge in [-0.25, -0.2) is 4.39 Å². The summed E-state index contributed by atoms with van der Waals surface area (Å²) in [6, 6.07) is 3.48. The molecular formula is C30H42FN5O4S. The number of Topliss-reactive ketones (excluding diaryl/α,β-unsaturated/α-hetero) is 1. The van der Waals surface area contributed by atoms with Crippen LogP contribution in [-0.2, 0) is 14.4 Å². The number of ketones is 1. The van der Waals surface area contributed by atoms with Crippen molar-refractivity contribution in [3.05, 3.63) is 35.6 Å². The number of hydrogen-bond acceptors (Lipinski definition) is 7. The highest BCUT2D eigenvalue weighted by Gasteiger charge is 2.43. The molecule has 11 heteroatoms. The van der Waals surface area contributed by atoms with E-state index in [0.29, 0.717) is 43.8 Å². The number of rotatable bonds is 8. The van der Waals surface area contributed by atoms with Gasteiger partial charge in [0.25, 0.3) is 0 Å². The first kappa shape index (κ1) is 31.2. The molecular weight excluding hydrogens is 545 g/mol. The summed E-state index contributed by atoms with van der Waals surface area (Å²) in [5, 5.41) is 6.73. The van der Waals surface area contributed by atoms with Gasteiger partial charge in [0.15, 0.2) is 5.78 Å². The average molecular weight is 588 g/mol. The average Bonchev–Trinajstić information content (AvgIpc) is 3.64. The van der Waals surface area contributed by atoms with E-state index < -0.39 is 29.4 Å². The van der Waals surface area contributed by atoms with Crippen molar-refractivity contribution in [2.75, 3.05) is 32.4 Å². The molecule has 0 spiro atoms. The molecule has 0 bridgehead atoms. The van der Waals surface area contributed by atoms with E-state index in [4.69, 9.17) is 4.99 Å². The van der Waals surface area contributed by atoms with Crippen LogP contribution in [0.25, 0.3) is 0 Å². The highest BCUT2D eigenvalue weighted by atomic mass is 32.2. The fourth-order valence-corrected chi connectivity index (χ4v) is 6.88. The second-order valence-corrected chi connectivity index (χ2v) is 13.3. The lowest BCUT2D eigenvalue weighted by Gasteiger charge is -2.40. The number of benzene rings is 1. The zero-order valence-electron chi connectivity index (χ0n) is 24.6. The van der Waals surface area contributed by atoms with Crippen molar-refractivity contribution < 1.29 is 23.6 Å². The Hall–Kier alpha value is -2.79. The van der Waals surface area contributed by atoms with Gasteiger partial charge in [-0.15, -0.1) is 11.8 Å². The summed E-state index contributed by atoms with van der Waals surface area (Å²) in [4.78, 5) is 61.3. The van der Waals surface area contributed by atoms with Crippen LogP contribution in [0.4, 0.5) is 4.39 Å². The van der Waals surface area contributed by atoms with E-state index in [2.05, 4.69) is 10.6 Å². The van der Waals surface area contributed by atoms with Crippen molar-refractivity contribution in [2.45, 2.75) is 77.5 Å². The van der Waals surface area contributed by atoms with Gasteiger partial charge in [-0.3, -0.25) is 24.2 Å². The number of carbonyl (C=O) groups is 4. The summed E-state index contributed by atoms with van der Waals surface area (Å²) in [5.74, 6) is -0.479. The molecule has 0 radical (unpaired) electrons. The van der Waals surface area contributed by atoms with E-state index in [-0.39, 0.29) is 35.5 Å². The molecule has 3 aliphatic heterocycles. The largest absolute Gasteiger partial charge is 0.343 e. The van der Waals surface area contributed by atoms with Gasteiger partial charge >= 0.3 is 0 Å². The summed E-state index contributed by atoms with van der Waals surface area (Å²) in [6.07, 6.45) is 2.78. The molecule has 3 amide bonds. The molecule has 2 fully saturated rings. The van der Waals surface area contributed by atoms with E-state index in [1.54, 1.807) is 14.0 Å². The lowest BCUT2D eigenvalue weighted by molar-refractivity contribution is -0.142. The first-order valence-corrected chi connectivity index (χ1v) is 15.5. The highest BCUT2D eigenvalue weighted by Crippen LogP contribution is 2.32. The molecule has 4 rings (SSSR count). The van der Waals surface area contributed by atoms with Crippen LogP contribution in [0.15, 0.2) is 29.3 Å². The normalized spacial score (nSPS) is 23.2. The maximum atomic E-state index is 14.1. The molecule has 1 aromatic rings. The number of piperidine rings is 1. The molecule has 3 aliphatic rings. The first-order chi connectivity index (χ1) is 19.4. The number of amides is 3. The van der Waals surface area contributed by atoms with Gasteiger partial charge in [-0.2, -0.15) is 0 Å². The number of carbonyl (C=O) groups excluding carboxylic acids is 4. The van der Waals surface area contributed by atoms with Gasteiger partial charge in [-0.1, -0.05) is 20.8 Å². The van der Waals surface area contributed by atoms with Crippen LogP contribution in [0.2, 0.25) is 0 Å². The topological polar surface area (TPSA) is 111 Å². The first-order valence-electron chi connectivity index (χ1n) is 14.5. The molecule has 1 unspecified atom stereocenters. The second kappa shape index (κ2) is 13.0. The minimum absolute atomic E-state index is 0.0901. The zero-order chi connectivity index (χ0) is 29.9. The SMILES string of the molecule is CN[C@@H](C)C(=O)N[C@H](C(=O)N1CCC[C@H]1C1=NC(C(=O)c2ccc(F)cc2)CS1)C1CCN(C(=O)C(C)(C)C)CC1. The van der Waals surface area contributed by atoms with E-state index in [9.17, 15) is 23.6 Å². The van der Waals surface area contributed by atoms with Gasteiger partial charge in [0, 0.05) is 36.4 Å². The van der Waals surface area contributed by atoms with Gasteiger partial charge in [0.2, 0.25) is 17.7 Å². The number of halogens is 1. The smallest absolute Gasteiger partial charge is 0.246 e. The molecule has 41 heavy (non-hydrogen) atoms. The molecule has 0 saturated carbocycles. The van der Waals surface area contributed by atoms with Crippen LogP contribution in [-0.4, -0.2) is 95.0 Å². The predicted octanol–water partition coefficient (Wildman–Crippen LogP) is 2.89. The predicted molar refractivity (Wildman–Crippen MR) is 158 cm³/mol. The Morgan fingerprint density at radius 1 is 1.05 bits per heavy atom. The van der Waals surface area contributed by atoms with Crippen LogP contribution in [0, 0.1) is 17.2 Å². The molecule has 1 aromatic carbocycles. The molecule has 0 aromatic heterocycles. The number of nitrogens with one attached hydrogen (secondary N) is 2. The van der Waals surface area contributed by atoms with Crippen molar-refractivity contribution in [1.82, 2.24) is 20.4 Å². The standard InChI is InChI=1S/C30H42FN5O4S/c1-18(32-5)26(38)34-24(19-12-15-35(16-13-19)29(40)30(2,3)4)28(39)36-14-6-7-23(36)27-33-22(17-41-27)25(37)20-8-10-21(31)11-9-20/h8-11,18-19,22-24,32H,6-7,12-17H2,1-5H3,(H,34,38)/t18-,22?,23-,24-/m0/s1. The van der Waals surface area contributed by atoms with Crippen LogP contribution in [0.3, 0.4) is 0 Å². The monoisotopic (exact) mass is 587 g/mol. The van der Waals surface area contributed by atoms with Crippen LogP contribution in [0.5, 0.6) is 0 Å². The maximum absolute atomic E-state index is 14.1. The third-order valence-electron chi connectivity index (χ3n) is 8.25. The van der Waals surface area contributed by atoms with E-state index in [1.807, 2.05) is 30.6 Å². The van der Waals surface area contributed by atoms with E-state index in [1.165, 1.54) is 36.0 Å². The van der Waals surface area contributed by atoms with Crippen LogP contribution < -0.4 is 10.6 Å². The summed E-state index contributed by atoms with van der Waals surface area (Å²) in [6.45, 7) is 9.10. The molecule has 9 nitrogen and oxygen atoms in total. The Kier molecular flexibility index (Phi) is 9.89. The van der Waals surface area contributed by atoms with Gasteiger partial charge in [0.1, 0.15) is 17.9 Å². The Balaban J connectivity index is 1.50. The van der Waals surface area contributed by atoms with Crippen molar-refractivity contribution in [2.24, 2.45) is 16.3 Å². The molecule has 2 saturated heterocycles. The third kappa shape index (κ3) is 7.17. The number of thioether (sulfide) groups is 1. The minimum Gasteiger partial charge on any atom is -0.343 e. The van der Waals surface area contributed by atoms with Crippen molar-refractivity contribution in [3.8, 4) is 0 Å². The number of likely N-dealkylation sites (N-methyl/N-ethyl adjacent to an activating group) is 1. The Bertz CT molecular complexity index is 1180. The lowest BCUT2D eigenvalue weighted by Crippen LogP contribution is -2.58. The van der Waals surface area contributed by atoms with Crippen LogP contribution >= 0.6 is 11.8 Å². The zero-order valence-corrected chi connectivity index (χ0v) is 25.4. The summed E-state index contributed by atoms with van der Waals surface area (Å²) in [5.41, 5.74) is -0.0595. The lowest BCUT2D eigenvalue weighted by atomic mass is 9.86. The number of nitrogens with zero attached hydrogens (tertiary/aromatic N) is 3. The fraction of sp³-hybridized carbons (Fsp3) is 0.633. The third-order valence-corrected chi connectivity index (χ3v) is 9.41. The van der Waals surface area contributed by atoms with E-state index in [0.717, 1.165) is 17.9 Å². The Morgan fingerprint density at radius 2 is 1.71 bits per heavy atom. The highest BCUT2D eigenvalue weighted by molar-refractivity contribution is 8.14. The molecule has 224 valence electrons. The molecule has 3 heterocycles. The quantitative estimate of drug-likeness (QED) is 0.453. The van der Waals surface area contributed by atoms with Crippen LogP contribution in [0.1, 0.15) is 63.7 Å². The summed E-state index contributed by atoms with van der Waals surface area (Å²) < 4.78 is 13.3. The number of hydrogen-bond donors (Lipinski definition) is 2. The number of aliphatic imine (C=N–C) groups is 1. The minimum atomic E-state index is -0.713. The van der Waals surface area contributed by atoms with Crippen molar-refractivity contribution in [1.29, 1.82) is 0 Å². The molecule has 4 atom stereocenters. The maximum Gasteiger partial charge on any atom is 0.246 e. The molecule has 0 aliphatic carbocycles. The summed E-state index contributed by atoms with van der Waals surface area (Å²) in [7, 11) is 1.70. The van der Waals surface area contributed by atoms with Crippen molar-refractivity contribution in [3.63, 3.8) is 0 Å². The number of likely N-dealkylation sites (tertiary alicyclic amines) is 2. The summed E-state index contributed by atoms with van der Waals surface area (Å²) >= 11 is 1.49. The van der Waals surface area contributed by atoms with Gasteiger partial charge in [0.05, 0.1) is 17.1 Å². The Labute approximate surface area is 246 Å². The Morgan fingerprint density at radius 3 is 2.32 bits per heavy atom. The fourth-order valence-electron chi connectivity index (χ4n) is 5.68. The van der Waals surface area contributed by atoms with Crippen molar-refractivity contribution >= 4 is 40.3 Å².